The molecule has 2 atom stereocenters. The lowest BCUT2D eigenvalue weighted by atomic mass is 9.68. The Morgan fingerprint density at radius 3 is 1.46 bits per heavy atom. The zero-order valence-electron chi connectivity index (χ0n) is 39.8. The summed E-state index contributed by atoms with van der Waals surface area (Å²) >= 11 is 3.12. The van der Waals surface area contributed by atoms with Crippen molar-refractivity contribution in [2.24, 2.45) is 0 Å². The lowest BCUT2D eigenvalue weighted by Gasteiger charge is -2.34. The van der Waals surface area contributed by atoms with Gasteiger partial charge in [0.2, 0.25) is 0 Å². The molecule has 0 radical (unpaired) electrons. The highest BCUT2D eigenvalue weighted by atomic mass is 32.2. The molecule has 2 unspecified atom stereocenters. The molecule has 13 heteroatoms. The number of carbonyl (C=O) groups excluding carboxylic acids is 4. The number of carbonyl (C=O) groups is 4. The molecular weight excluding hydrogens is 935 g/mol. The average Bonchev–Trinajstić information content (AvgIpc) is 3.69. The Balaban J connectivity index is 1.08. The normalized spacial score (nSPS) is 12.8. The van der Waals surface area contributed by atoms with E-state index in [2.05, 4.69) is 91.3 Å². The highest BCUT2D eigenvalue weighted by molar-refractivity contribution is 7.99. The van der Waals surface area contributed by atoms with Crippen LogP contribution in [0, 0.1) is 0 Å². The average molecular weight is 992 g/mol. The van der Waals surface area contributed by atoms with Crippen LogP contribution in [-0.2, 0) is 38.7 Å². The van der Waals surface area contributed by atoms with Gasteiger partial charge in [-0.3, -0.25) is 4.79 Å². The third kappa shape index (κ3) is 14.0. The number of fused-ring (bicyclic) bond motifs is 3. The van der Waals surface area contributed by atoms with Crippen molar-refractivity contribution in [3.8, 4) is 22.6 Å². The SMILES string of the molecule is C=C(C)C(=O)OCCCC(=O)OC(COc1ccc(C2(c3ccc(OCC(CSc4ccccc4)OC(=O)NCCOC(=O)C(=C)C)cc3)c3ccccc3-c3ccccc32)cc1)CSc1ccccc1. The van der Waals surface area contributed by atoms with Crippen molar-refractivity contribution in [3.63, 3.8) is 0 Å². The van der Waals surface area contributed by atoms with E-state index in [0.29, 0.717) is 35.0 Å². The van der Waals surface area contributed by atoms with Crippen LogP contribution < -0.4 is 14.8 Å². The van der Waals surface area contributed by atoms with Gasteiger partial charge in [0.05, 0.1) is 18.6 Å². The smallest absolute Gasteiger partial charge is 0.407 e. The van der Waals surface area contributed by atoms with Gasteiger partial charge in [-0.15, -0.1) is 23.5 Å². The Labute approximate surface area is 423 Å². The first kappa shape index (κ1) is 51.6. The summed E-state index contributed by atoms with van der Waals surface area (Å²) in [7, 11) is 0. The minimum Gasteiger partial charge on any atom is -0.490 e. The van der Waals surface area contributed by atoms with Crippen LogP contribution in [0.1, 0.15) is 48.9 Å². The minimum atomic E-state index is -0.706. The van der Waals surface area contributed by atoms with Crippen molar-refractivity contribution in [1.82, 2.24) is 5.32 Å². The van der Waals surface area contributed by atoms with Gasteiger partial charge in [0.1, 0.15) is 43.5 Å². The van der Waals surface area contributed by atoms with Gasteiger partial charge < -0.3 is 33.7 Å². The quantitative estimate of drug-likeness (QED) is 0.0192. The predicted molar refractivity (Wildman–Crippen MR) is 278 cm³/mol. The van der Waals surface area contributed by atoms with Crippen LogP contribution in [0.15, 0.2) is 192 Å². The van der Waals surface area contributed by atoms with Crippen LogP contribution in [-0.4, -0.2) is 80.7 Å². The number of alkyl carbamates (subject to hydrolysis) is 1. The standard InChI is InChI=1S/C58H57NO10S2/c1-40(2)55(61)64-34-15-24-54(60)68-46(38-70-48-16-7-5-8-17-48)36-66-44-29-25-42(26-30-44)58(52-22-13-11-20-50(52)51-21-12-14-23-53(51)58)43-27-31-45(32-28-43)67-37-47(39-71-49-18-9-6-10-19-49)69-57(63)59-33-35-65-56(62)41(3)4/h5-14,16-23,25-32,46-47H,1,3,15,24,33-39H2,2,4H3,(H,59,63). The maximum atomic E-state index is 13.0. The first-order valence-electron chi connectivity index (χ1n) is 23.3. The summed E-state index contributed by atoms with van der Waals surface area (Å²) in [6.45, 7) is 10.7. The number of hydrogen-bond acceptors (Lipinski definition) is 12. The molecule has 1 aliphatic carbocycles. The van der Waals surface area contributed by atoms with Gasteiger partial charge in [0.15, 0.2) is 0 Å². The monoisotopic (exact) mass is 991 g/mol. The Morgan fingerprint density at radius 2 is 0.986 bits per heavy atom. The molecule has 1 aliphatic rings. The number of benzene rings is 6. The van der Waals surface area contributed by atoms with Gasteiger partial charge in [0, 0.05) is 38.9 Å². The predicted octanol–water partition coefficient (Wildman–Crippen LogP) is 11.4. The summed E-state index contributed by atoms with van der Waals surface area (Å²) in [6.07, 6.45) is -1.41. The second-order valence-electron chi connectivity index (χ2n) is 16.8. The Kier molecular flexibility index (Phi) is 18.6. The third-order valence-electron chi connectivity index (χ3n) is 11.4. The van der Waals surface area contributed by atoms with E-state index in [4.69, 9.17) is 28.4 Å². The van der Waals surface area contributed by atoms with E-state index >= 15 is 0 Å². The fourth-order valence-corrected chi connectivity index (χ4v) is 9.80. The molecule has 0 aromatic heterocycles. The van der Waals surface area contributed by atoms with Crippen molar-refractivity contribution in [2.45, 2.75) is 54.1 Å². The molecule has 1 N–H and O–H groups in total. The fraction of sp³-hybridized carbons (Fsp3) is 0.241. The molecule has 0 bridgehead atoms. The summed E-state index contributed by atoms with van der Waals surface area (Å²) in [5.74, 6) is 0.708. The topological polar surface area (TPSA) is 136 Å². The van der Waals surface area contributed by atoms with Crippen LogP contribution in [0.3, 0.4) is 0 Å². The van der Waals surface area contributed by atoms with E-state index in [0.717, 1.165) is 43.2 Å². The number of thioether (sulfide) groups is 2. The van der Waals surface area contributed by atoms with Gasteiger partial charge in [-0.05, 0) is 102 Å². The molecule has 0 saturated carbocycles. The Bertz CT molecular complexity index is 2570. The van der Waals surface area contributed by atoms with Crippen LogP contribution in [0.2, 0.25) is 0 Å². The molecule has 6 aromatic carbocycles. The number of ether oxygens (including phenoxy) is 6. The number of rotatable bonds is 25. The molecular formula is C58H57NO10S2. The third-order valence-corrected chi connectivity index (χ3v) is 13.7. The molecule has 11 nitrogen and oxygen atoms in total. The lowest BCUT2D eigenvalue weighted by Crippen LogP contribution is -2.35. The van der Waals surface area contributed by atoms with E-state index < -0.39 is 41.6 Å². The first-order valence-corrected chi connectivity index (χ1v) is 25.3. The van der Waals surface area contributed by atoms with E-state index in [1.807, 2.05) is 84.9 Å². The van der Waals surface area contributed by atoms with Crippen LogP contribution in [0.25, 0.3) is 11.1 Å². The largest absolute Gasteiger partial charge is 0.490 e. The van der Waals surface area contributed by atoms with Crippen molar-refractivity contribution in [3.05, 3.63) is 204 Å². The lowest BCUT2D eigenvalue weighted by molar-refractivity contribution is -0.150. The highest BCUT2D eigenvalue weighted by Crippen LogP contribution is 2.56. The van der Waals surface area contributed by atoms with Crippen molar-refractivity contribution in [1.29, 1.82) is 0 Å². The van der Waals surface area contributed by atoms with Crippen molar-refractivity contribution >= 4 is 47.5 Å². The molecule has 0 fully saturated rings. The molecule has 71 heavy (non-hydrogen) atoms. The molecule has 6 aromatic rings. The van der Waals surface area contributed by atoms with Crippen LogP contribution in [0.4, 0.5) is 4.79 Å². The van der Waals surface area contributed by atoms with Gasteiger partial charge in [0.25, 0.3) is 0 Å². The van der Waals surface area contributed by atoms with Gasteiger partial charge >= 0.3 is 24.0 Å². The molecule has 7 rings (SSSR count). The van der Waals surface area contributed by atoms with Crippen LogP contribution in [0.5, 0.6) is 11.5 Å². The summed E-state index contributed by atoms with van der Waals surface area (Å²) in [6, 6.07) is 52.8. The Hall–Kier alpha value is -7.22. The highest BCUT2D eigenvalue weighted by Gasteiger charge is 2.46. The summed E-state index contributed by atoms with van der Waals surface area (Å²) < 4.78 is 34.7. The Morgan fingerprint density at radius 1 is 0.549 bits per heavy atom. The van der Waals surface area contributed by atoms with Gasteiger partial charge in [-0.1, -0.05) is 122 Å². The first-order chi connectivity index (χ1) is 34.5. The molecule has 366 valence electrons. The van der Waals surface area contributed by atoms with Crippen molar-refractivity contribution < 1.29 is 47.6 Å². The zero-order valence-corrected chi connectivity index (χ0v) is 41.5. The molecule has 0 heterocycles. The van der Waals surface area contributed by atoms with Crippen molar-refractivity contribution in [2.75, 3.05) is 44.5 Å². The number of esters is 3. The summed E-state index contributed by atoms with van der Waals surface area (Å²) in [5.41, 5.74) is 6.47. The van der Waals surface area contributed by atoms with E-state index in [-0.39, 0.29) is 45.0 Å². The van der Waals surface area contributed by atoms with Gasteiger partial charge in [-0.2, -0.15) is 0 Å². The van der Waals surface area contributed by atoms with E-state index in [1.165, 1.54) is 0 Å². The van der Waals surface area contributed by atoms with Gasteiger partial charge in [-0.25, -0.2) is 14.4 Å². The van der Waals surface area contributed by atoms with Crippen LogP contribution >= 0.6 is 23.5 Å². The van der Waals surface area contributed by atoms with E-state index in [9.17, 15) is 19.2 Å². The minimum absolute atomic E-state index is 0.0174. The number of hydrogen-bond donors (Lipinski definition) is 1. The molecule has 1 amide bonds. The number of amides is 1. The van der Waals surface area contributed by atoms with E-state index in [1.54, 1.807) is 37.4 Å². The molecule has 0 saturated heterocycles. The molecule has 0 aliphatic heterocycles. The summed E-state index contributed by atoms with van der Waals surface area (Å²) in [5, 5.41) is 2.65. The fourth-order valence-electron chi connectivity index (χ4n) is 8.01. The maximum Gasteiger partial charge on any atom is 0.407 e. The second-order valence-corrected chi connectivity index (χ2v) is 18.9. The second kappa shape index (κ2) is 25.6. The number of nitrogens with one attached hydrogen (secondary N) is 1. The zero-order chi connectivity index (χ0) is 50.0. The molecule has 0 spiro atoms. The maximum absolute atomic E-state index is 13.0. The summed E-state index contributed by atoms with van der Waals surface area (Å²) in [4.78, 5) is 51.5.